The van der Waals surface area contributed by atoms with Gasteiger partial charge in [0.1, 0.15) is 11.8 Å². The number of carbonyl (C=O) groups excluding carboxylic acids is 2. The summed E-state index contributed by atoms with van der Waals surface area (Å²) in [5.41, 5.74) is 3.08. The second kappa shape index (κ2) is 13.8. The number of nitrogens with one attached hydrogen (secondary N) is 2. The molecule has 0 unspecified atom stereocenters. The number of halogens is 2. The fraction of sp³-hybridized carbons (Fsp3) is 0.400. The van der Waals surface area contributed by atoms with Crippen LogP contribution in [0.15, 0.2) is 35.4 Å². The van der Waals surface area contributed by atoms with Crippen LogP contribution in [0.5, 0.6) is 23.0 Å². The number of hydrazone groups is 1. The van der Waals surface area contributed by atoms with E-state index in [9.17, 15) is 9.59 Å². The van der Waals surface area contributed by atoms with Gasteiger partial charge in [-0.1, -0.05) is 37.0 Å². The number of ether oxygens (including phenoxy) is 4. The standard InChI is InChI=1S/C25H31Cl2N3O6/c1-14(2)9-19(29-24(31)15(3)36-20-8-7-17(26)12-18(20)27)25(32)30-28-13-16-10-21(33-4)23(35-6)22(11-16)34-5/h7-8,10-15,19H,9H2,1-6H3,(H,29,31)(H,30,32)/b28-13-/t15-,19-/m0/s1. The van der Waals surface area contributed by atoms with Crippen molar-refractivity contribution < 1.29 is 28.5 Å². The van der Waals surface area contributed by atoms with Crippen LogP contribution in [0, 0.1) is 5.92 Å². The molecule has 2 amide bonds. The fourth-order valence-corrected chi connectivity index (χ4v) is 3.68. The van der Waals surface area contributed by atoms with Crippen molar-refractivity contribution in [1.29, 1.82) is 0 Å². The normalized spacial score (nSPS) is 12.7. The third-order valence-corrected chi connectivity index (χ3v) is 5.51. The summed E-state index contributed by atoms with van der Waals surface area (Å²) in [6, 6.07) is 7.24. The lowest BCUT2D eigenvalue weighted by Crippen LogP contribution is -2.49. The molecule has 36 heavy (non-hydrogen) atoms. The van der Waals surface area contributed by atoms with Crippen molar-refractivity contribution in [3.63, 3.8) is 0 Å². The van der Waals surface area contributed by atoms with Crippen molar-refractivity contribution in [2.45, 2.75) is 39.3 Å². The first-order chi connectivity index (χ1) is 17.1. The van der Waals surface area contributed by atoms with Crippen molar-refractivity contribution >= 4 is 41.2 Å². The van der Waals surface area contributed by atoms with Gasteiger partial charge in [-0.25, -0.2) is 5.43 Å². The molecule has 9 nitrogen and oxygen atoms in total. The maximum atomic E-state index is 12.8. The summed E-state index contributed by atoms with van der Waals surface area (Å²) in [6.07, 6.45) is 0.922. The van der Waals surface area contributed by atoms with Gasteiger partial charge in [0.05, 0.1) is 32.6 Å². The largest absolute Gasteiger partial charge is 0.493 e. The molecule has 0 saturated carbocycles. The van der Waals surface area contributed by atoms with Crippen LogP contribution in [0.2, 0.25) is 10.0 Å². The maximum absolute atomic E-state index is 12.8. The summed E-state index contributed by atoms with van der Waals surface area (Å²) >= 11 is 12.0. The van der Waals surface area contributed by atoms with Gasteiger partial charge in [-0.3, -0.25) is 9.59 Å². The highest BCUT2D eigenvalue weighted by Gasteiger charge is 2.25. The van der Waals surface area contributed by atoms with Gasteiger partial charge < -0.3 is 24.3 Å². The summed E-state index contributed by atoms with van der Waals surface area (Å²) in [6.45, 7) is 5.45. The third-order valence-electron chi connectivity index (χ3n) is 4.98. The molecule has 0 heterocycles. The van der Waals surface area contributed by atoms with E-state index in [1.807, 2.05) is 13.8 Å². The molecule has 0 radical (unpaired) electrons. The molecule has 0 aliphatic carbocycles. The third kappa shape index (κ3) is 8.20. The Bertz CT molecular complexity index is 1070. The Labute approximate surface area is 221 Å². The molecule has 0 aromatic heterocycles. The van der Waals surface area contributed by atoms with Gasteiger partial charge in [0, 0.05) is 10.6 Å². The van der Waals surface area contributed by atoms with Gasteiger partial charge in [0.2, 0.25) is 5.75 Å². The number of benzene rings is 2. The Balaban J connectivity index is 2.08. The smallest absolute Gasteiger partial charge is 0.262 e. The number of methoxy groups -OCH3 is 3. The Morgan fingerprint density at radius 1 is 0.944 bits per heavy atom. The fourth-order valence-electron chi connectivity index (χ4n) is 3.23. The molecule has 2 N–H and O–H groups in total. The summed E-state index contributed by atoms with van der Waals surface area (Å²) in [5, 5.41) is 7.48. The van der Waals surface area contributed by atoms with E-state index in [1.165, 1.54) is 33.6 Å². The minimum Gasteiger partial charge on any atom is -0.493 e. The van der Waals surface area contributed by atoms with E-state index in [0.717, 1.165) is 0 Å². The van der Waals surface area contributed by atoms with Gasteiger partial charge in [0.15, 0.2) is 17.6 Å². The van der Waals surface area contributed by atoms with E-state index in [-0.39, 0.29) is 10.9 Å². The minimum absolute atomic E-state index is 0.127. The van der Waals surface area contributed by atoms with Crippen LogP contribution < -0.4 is 29.7 Å². The van der Waals surface area contributed by atoms with Gasteiger partial charge in [-0.05, 0) is 49.6 Å². The molecule has 11 heteroatoms. The summed E-state index contributed by atoms with van der Waals surface area (Å²) in [5.74, 6) is 0.823. The molecule has 0 bridgehead atoms. The molecular weight excluding hydrogens is 509 g/mol. The summed E-state index contributed by atoms with van der Waals surface area (Å²) in [7, 11) is 4.52. The molecule has 2 aromatic carbocycles. The molecule has 0 spiro atoms. The Hall–Kier alpha value is -3.17. The minimum atomic E-state index is -0.908. The van der Waals surface area contributed by atoms with Crippen molar-refractivity contribution in [3.05, 3.63) is 45.9 Å². The highest BCUT2D eigenvalue weighted by molar-refractivity contribution is 6.35. The lowest BCUT2D eigenvalue weighted by Gasteiger charge is -2.22. The van der Waals surface area contributed by atoms with Crippen LogP contribution in [-0.4, -0.2) is 51.5 Å². The number of carbonyl (C=O) groups is 2. The van der Waals surface area contributed by atoms with Crippen LogP contribution in [0.3, 0.4) is 0 Å². The van der Waals surface area contributed by atoms with Gasteiger partial charge in [-0.2, -0.15) is 5.10 Å². The molecule has 2 rings (SSSR count). The van der Waals surface area contributed by atoms with E-state index in [1.54, 1.807) is 31.2 Å². The second-order valence-corrected chi connectivity index (χ2v) is 9.06. The first-order valence-corrected chi connectivity index (χ1v) is 11.9. The zero-order valence-electron chi connectivity index (χ0n) is 21.1. The van der Waals surface area contributed by atoms with Gasteiger partial charge in [0.25, 0.3) is 11.8 Å². The quantitative estimate of drug-likeness (QED) is 0.304. The lowest BCUT2D eigenvalue weighted by atomic mass is 10.0. The molecule has 0 aliphatic rings. The molecule has 2 aromatic rings. The average molecular weight is 540 g/mol. The molecule has 0 saturated heterocycles. The molecule has 0 fully saturated rings. The van der Waals surface area contributed by atoms with E-state index in [2.05, 4.69) is 15.8 Å². The maximum Gasteiger partial charge on any atom is 0.262 e. The second-order valence-electron chi connectivity index (χ2n) is 8.22. The van der Waals surface area contributed by atoms with Crippen LogP contribution >= 0.6 is 23.2 Å². The van der Waals surface area contributed by atoms with E-state index < -0.39 is 24.0 Å². The molecule has 0 aliphatic heterocycles. The number of hydrogen-bond acceptors (Lipinski definition) is 7. The number of hydrogen-bond donors (Lipinski definition) is 2. The van der Waals surface area contributed by atoms with Crippen molar-refractivity contribution in [3.8, 4) is 23.0 Å². The zero-order valence-corrected chi connectivity index (χ0v) is 22.6. The Kier molecular flexibility index (Phi) is 11.1. The predicted octanol–water partition coefficient (Wildman–Crippen LogP) is 4.47. The van der Waals surface area contributed by atoms with E-state index in [0.29, 0.717) is 40.0 Å². The number of amides is 2. The van der Waals surface area contributed by atoms with Crippen molar-refractivity contribution in [2.75, 3.05) is 21.3 Å². The molecule has 196 valence electrons. The van der Waals surface area contributed by atoms with Crippen molar-refractivity contribution in [1.82, 2.24) is 10.7 Å². The first-order valence-electron chi connectivity index (χ1n) is 11.1. The lowest BCUT2D eigenvalue weighted by molar-refractivity contribution is -0.132. The topological polar surface area (TPSA) is 107 Å². The van der Waals surface area contributed by atoms with E-state index in [4.69, 9.17) is 42.1 Å². The van der Waals surface area contributed by atoms with Crippen LogP contribution in [0.1, 0.15) is 32.8 Å². The van der Waals surface area contributed by atoms with Crippen molar-refractivity contribution in [2.24, 2.45) is 11.0 Å². The SMILES string of the molecule is COc1cc(/C=N\NC(=O)[C@H](CC(C)C)NC(=O)[C@H](C)Oc2ccc(Cl)cc2Cl)cc(OC)c1OC. The Morgan fingerprint density at radius 3 is 2.11 bits per heavy atom. The monoisotopic (exact) mass is 539 g/mol. The molecular formula is C25H31Cl2N3O6. The van der Waals surface area contributed by atoms with Gasteiger partial charge >= 0.3 is 0 Å². The Morgan fingerprint density at radius 2 is 1.58 bits per heavy atom. The summed E-state index contributed by atoms with van der Waals surface area (Å²) in [4.78, 5) is 25.6. The summed E-state index contributed by atoms with van der Waals surface area (Å²) < 4.78 is 21.6. The van der Waals surface area contributed by atoms with E-state index >= 15 is 0 Å². The van der Waals surface area contributed by atoms with Crippen LogP contribution in [0.4, 0.5) is 0 Å². The average Bonchev–Trinajstić information content (AvgIpc) is 2.84. The predicted molar refractivity (Wildman–Crippen MR) is 140 cm³/mol. The zero-order chi connectivity index (χ0) is 26.8. The highest BCUT2D eigenvalue weighted by atomic mass is 35.5. The molecule has 2 atom stereocenters. The first kappa shape index (κ1) is 29.1. The van der Waals surface area contributed by atoms with Gasteiger partial charge in [-0.15, -0.1) is 0 Å². The highest BCUT2D eigenvalue weighted by Crippen LogP contribution is 2.37. The van der Waals surface area contributed by atoms with Crippen LogP contribution in [0.25, 0.3) is 0 Å². The number of rotatable bonds is 12. The number of nitrogens with zero attached hydrogens (tertiary/aromatic N) is 1. The van der Waals surface area contributed by atoms with Crippen LogP contribution in [-0.2, 0) is 9.59 Å².